The number of halogens is 1. The van der Waals surface area contributed by atoms with E-state index in [1.807, 2.05) is 6.07 Å². The molecule has 4 heteroatoms. The molecule has 0 unspecified atom stereocenters. The summed E-state index contributed by atoms with van der Waals surface area (Å²) in [7, 11) is 0. The van der Waals surface area contributed by atoms with Crippen LogP contribution in [0, 0.1) is 0 Å². The molecular formula is C7H5BrN2S. The summed E-state index contributed by atoms with van der Waals surface area (Å²) < 4.78 is 5.00. The molecule has 56 valence electrons. The van der Waals surface area contributed by atoms with E-state index in [4.69, 9.17) is 0 Å². The Morgan fingerprint density at radius 1 is 1.45 bits per heavy atom. The van der Waals surface area contributed by atoms with Gasteiger partial charge in [-0.1, -0.05) is 26.5 Å². The lowest BCUT2D eigenvalue weighted by atomic mass is 10.2. The maximum absolute atomic E-state index is 3.98. The Kier molecular flexibility index (Phi) is 1.87. The fraction of sp³-hybridized carbons (Fsp3) is 0.143. The topological polar surface area (TPSA) is 25.8 Å². The summed E-state index contributed by atoms with van der Waals surface area (Å²) in [5.74, 6) is 0. The summed E-state index contributed by atoms with van der Waals surface area (Å²) in [5, 5.41) is 4.85. The molecule has 0 saturated heterocycles. The van der Waals surface area contributed by atoms with E-state index in [1.165, 1.54) is 17.1 Å². The van der Waals surface area contributed by atoms with Gasteiger partial charge >= 0.3 is 0 Å². The van der Waals surface area contributed by atoms with Crippen molar-refractivity contribution >= 4 is 37.7 Å². The molecule has 0 N–H and O–H groups in total. The van der Waals surface area contributed by atoms with Gasteiger partial charge in [0, 0.05) is 5.33 Å². The molecule has 1 aromatic carbocycles. The van der Waals surface area contributed by atoms with E-state index in [2.05, 4.69) is 37.6 Å². The van der Waals surface area contributed by atoms with Crippen LogP contribution in [0.5, 0.6) is 0 Å². The molecule has 0 atom stereocenters. The first-order valence-electron chi connectivity index (χ1n) is 3.17. The summed E-state index contributed by atoms with van der Waals surface area (Å²) in [5.41, 5.74) is 2.23. The number of hydrogen-bond donors (Lipinski definition) is 0. The lowest BCUT2D eigenvalue weighted by Gasteiger charge is -1.91. The summed E-state index contributed by atoms with van der Waals surface area (Å²) in [6, 6.07) is 6.18. The lowest BCUT2D eigenvalue weighted by Crippen LogP contribution is -1.75. The Morgan fingerprint density at radius 2 is 2.36 bits per heavy atom. The predicted molar refractivity (Wildman–Crippen MR) is 50.0 cm³/mol. The molecule has 0 amide bonds. The number of nitrogens with zero attached hydrogens (tertiary/aromatic N) is 2. The standard InChI is InChI=1S/C7H5BrN2S/c8-4-5-1-2-7-6(3-5)9-10-11-7/h1-3H,4H2. The number of alkyl halides is 1. The third-order valence-electron chi connectivity index (χ3n) is 1.47. The third-order valence-corrected chi connectivity index (χ3v) is 2.82. The quantitative estimate of drug-likeness (QED) is 0.702. The van der Waals surface area contributed by atoms with Crippen molar-refractivity contribution in [2.45, 2.75) is 5.33 Å². The number of rotatable bonds is 1. The van der Waals surface area contributed by atoms with Crippen molar-refractivity contribution in [2.24, 2.45) is 0 Å². The van der Waals surface area contributed by atoms with Crippen LogP contribution in [0.1, 0.15) is 5.56 Å². The van der Waals surface area contributed by atoms with E-state index < -0.39 is 0 Å². The van der Waals surface area contributed by atoms with Crippen molar-refractivity contribution < 1.29 is 0 Å². The van der Waals surface area contributed by atoms with Crippen molar-refractivity contribution in [1.82, 2.24) is 9.59 Å². The highest BCUT2D eigenvalue weighted by Gasteiger charge is 1.97. The van der Waals surface area contributed by atoms with E-state index >= 15 is 0 Å². The molecule has 0 aliphatic rings. The summed E-state index contributed by atoms with van der Waals surface area (Å²) in [6.07, 6.45) is 0. The molecule has 0 aliphatic carbocycles. The van der Waals surface area contributed by atoms with Gasteiger partial charge < -0.3 is 0 Å². The zero-order valence-electron chi connectivity index (χ0n) is 5.62. The van der Waals surface area contributed by atoms with Gasteiger partial charge in [-0.2, -0.15) is 0 Å². The number of benzene rings is 1. The molecule has 0 fully saturated rings. The predicted octanol–water partition coefficient (Wildman–Crippen LogP) is 2.59. The van der Waals surface area contributed by atoms with E-state index in [1.54, 1.807) is 0 Å². The summed E-state index contributed by atoms with van der Waals surface area (Å²) in [4.78, 5) is 0. The Bertz CT molecular complexity index is 371. The van der Waals surface area contributed by atoms with Crippen LogP contribution in [0.25, 0.3) is 10.2 Å². The van der Waals surface area contributed by atoms with Crippen LogP contribution < -0.4 is 0 Å². The monoisotopic (exact) mass is 228 g/mol. The molecule has 1 aromatic heterocycles. The van der Waals surface area contributed by atoms with Gasteiger partial charge in [0.05, 0.1) is 4.70 Å². The van der Waals surface area contributed by atoms with Crippen molar-refractivity contribution in [3.05, 3.63) is 23.8 Å². The molecular weight excluding hydrogens is 224 g/mol. The highest BCUT2D eigenvalue weighted by molar-refractivity contribution is 9.08. The van der Waals surface area contributed by atoms with Crippen molar-refractivity contribution in [2.75, 3.05) is 0 Å². The van der Waals surface area contributed by atoms with E-state index in [0.717, 1.165) is 15.5 Å². The average Bonchev–Trinajstić information content (AvgIpc) is 2.50. The van der Waals surface area contributed by atoms with E-state index in [0.29, 0.717) is 0 Å². The summed E-state index contributed by atoms with van der Waals surface area (Å²) >= 11 is 4.82. The molecule has 0 spiro atoms. The van der Waals surface area contributed by atoms with E-state index in [9.17, 15) is 0 Å². The first-order chi connectivity index (χ1) is 5.40. The van der Waals surface area contributed by atoms with Crippen molar-refractivity contribution in [3.63, 3.8) is 0 Å². The van der Waals surface area contributed by atoms with Gasteiger partial charge in [0.1, 0.15) is 5.52 Å². The normalized spacial score (nSPS) is 10.6. The van der Waals surface area contributed by atoms with E-state index in [-0.39, 0.29) is 0 Å². The van der Waals surface area contributed by atoms with Crippen LogP contribution in [0.4, 0.5) is 0 Å². The van der Waals surface area contributed by atoms with Crippen LogP contribution in [-0.2, 0) is 5.33 Å². The molecule has 0 radical (unpaired) electrons. The zero-order chi connectivity index (χ0) is 7.68. The van der Waals surface area contributed by atoms with Gasteiger partial charge in [-0.05, 0) is 29.2 Å². The maximum Gasteiger partial charge on any atom is 0.106 e. The number of hydrogen-bond acceptors (Lipinski definition) is 3. The second-order valence-electron chi connectivity index (χ2n) is 2.21. The lowest BCUT2D eigenvalue weighted by molar-refractivity contribution is 1.20. The minimum absolute atomic E-state index is 0.875. The fourth-order valence-corrected chi connectivity index (χ4v) is 1.80. The highest BCUT2D eigenvalue weighted by atomic mass is 79.9. The molecule has 2 nitrogen and oxygen atoms in total. The van der Waals surface area contributed by atoms with Crippen LogP contribution in [0.3, 0.4) is 0 Å². The zero-order valence-corrected chi connectivity index (χ0v) is 8.02. The maximum atomic E-state index is 3.98. The number of fused-ring (bicyclic) bond motifs is 1. The average molecular weight is 229 g/mol. The smallest absolute Gasteiger partial charge is 0.106 e. The van der Waals surface area contributed by atoms with Crippen LogP contribution >= 0.6 is 27.5 Å². The molecule has 11 heavy (non-hydrogen) atoms. The fourth-order valence-electron chi connectivity index (χ4n) is 0.910. The largest absolute Gasteiger partial charge is 0.138 e. The molecule has 0 bridgehead atoms. The van der Waals surface area contributed by atoms with Gasteiger partial charge in [-0.15, -0.1) is 5.10 Å². The SMILES string of the molecule is BrCc1ccc2snnc2c1. The molecule has 0 aliphatic heterocycles. The molecule has 0 saturated carbocycles. The Hall–Kier alpha value is -0.480. The van der Waals surface area contributed by atoms with Crippen molar-refractivity contribution in [1.29, 1.82) is 0 Å². The molecule has 1 heterocycles. The van der Waals surface area contributed by atoms with Gasteiger partial charge in [0.15, 0.2) is 0 Å². The minimum atomic E-state index is 0.875. The van der Waals surface area contributed by atoms with Gasteiger partial charge in [0.2, 0.25) is 0 Å². The number of aromatic nitrogens is 2. The second kappa shape index (κ2) is 2.87. The first kappa shape index (κ1) is 7.18. The first-order valence-corrected chi connectivity index (χ1v) is 5.06. The molecule has 2 aromatic rings. The van der Waals surface area contributed by atoms with Crippen LogP contribution in [0.15, 0.2) is 18.2 Å². The summed E-state index contributed by atoms with van der Waals surface area (Å²) in [6.45, 7) is 0. The Balaban J connectivity index is 2.67. The highest BCUT2D eigenvalue weighted by Crippen LogP contribution is 2.17. The van der Waals surface area contributed by atoms with Crippen LogP contribution in [0.2, 0.25) is 0 Å². The van der Waals surface area contributed by atoms with Crippen molar-refractivity contribution in [3.8, 4) is 0 Å². The van der Waals surface area contributed by atoms with Gasteiger partial charge in [0.25, 0.3) is 0 Å². The van der Waals surface area contributed by atoms with Crippen LogP contribution in [-0.4, -0.2) is 9.59 Å². The second-order valence-corrected chi connectivity index (χ2v) is 3.56. The Labute approximate surface area is 76.5 Å². The Morgan fingerprint density at radius 3 is 3.18 bits per heavy atom. The molecule has 2 rings (SSSR count). The van der Waals surface area contributed by atoms with Gasteiger partial charge in [-0.3, -0.25) is 0 Å². The van der Waals surface area contributed by atoms with Gasteiger partial charge in [-0.25, -0.2) is 0 Å². The minimum Gasteiger partial charge on any atom is -0.138 e. The third kappa shape index (κ3) is 1.28.